The summed E-state index contributed by atoms with van der Waals surface area (Å²) in [5, 5.41) is 10.2. The Hall–Kier alpha value is -0.120. The van der Waals surface area contributed by atoms with E-state index in [9.17, 15) is 5.11 Å². The van der Waals surface area contributed by atoms with Gasteiger partial charge in [-0.2, -0.15) is 0 Å². The molecular formula is C15H29NO2. The summed E-state index contributed by atoms with van der Waals surface area (Å²) in [6.45, 7) is 3.50. The van der Waals surface area contributed by atoms with E-state index in [4.69, 9.17) is 4.74 Å². The molecule has 2 saturated carbocycles. The SMILES string of the molecule is CN(CCOCC1CC1)CC(O)C1CCCCC1. The Morgan fingerprint density at radius 1 is 1.17 bits per heavy atom. The van der Waals surface area contributed by atoms with Crippen molar-refractivity contribution < 1.29 is 9.84 Å². The van der Waals surface area contributed by atoms with Gasteiger partial charge in [-0.05, 0) is 44.6 Å². The highest BCUT2D eigenvalue weighted by Crippen LogP contribution is 2.28. The van der Waals surface area contributed by atoms with Gasteiger partial charge in [-0.15, -0.1) is 0 Å². The zero-order valence-corrected chi connectivity index (χ0v) is 11.8. The van der Waals surface area contributed by atoms with Crippen LogP contribution in [0.1, 0.15) is 44.9 Å². The number of hydrogen-bond acceptors (Lipinski definition) is 3. The van der Waals surface area contributed by atoms with Crippen molar-refractivity contribution >= 4 is 0 Å². The average Bonchev–Trinajstić information content (AvgIpc) is 3.20. The van der Waals surface area contributed by atoms with Crippen molar-refractivity contribution in [3.63, 3.8) is 0 Å². The first-order chi connectivity index (χ1) is 8.75. The number of hydrogen-bond donors (Lipinski definition) is 1. The fraction of sp³-hybridized carbons (Fsp3) is 1.00. The summed E-state index contributed by atoms with van der Waals surface area (Å²) in [5.74, 6) is 1.39. The molecule has 18 heavy (non-hydrogen) atoms. The van der Waals surface area contributed by atoms with Crippen LogP contribution in [0.15, 0.2) is 0 Å². The van der Waals surface area contributed by atoms with Crippen molar-refractivity contribution in [2.75, 3.05) is 33.4 Å². The maximum absolute atomic E-state index is 10.2. The van der Waals surface area contributed by atoms with Crippen molar-refractivity contribution in [3.05, 3.63) is 0 Å². The highest BCUT2D eigenvalue weighted by molar-refractivity contribution is 4.75. The zero-order chi connectivity index (χ0) is 12.8. The molecule has 0 aromatic carbocycles. The zero-order valence-electron chi connectivity index (χ0n) is 11.8. The average molecular weight is 255 g/mol. The number of aliphatic hydroxyl groups is 1. The van der Waals surface area contributed by atoms with E-state index < -0.39 is 0 Å². The maximum Gasteiger partial charge on any atom is 0.0695 e. The first-order valence-corrected chi connectivity index (χ1v) is 7.70. The molecule has 3 nitrogen and oxygen atoms in total. The van der Waals surface area contributed by atoms with Crippen molar-refractivity contribution in [2.24, 2.45) is 11.8 Å². The lowest BCUT2D eigenvalue weighted by Crippen LogP contribution is -2.36. The predicted molar refractivity (Wildman–Crippen MR) is 73.6 cm³/mol. The number of ether oxygens (including phenoxy) is 1. The van der Waals surface area contributed by atoms with Crippen molar-refractivity contribution in [3.8, 4) is 0 Å². The molecule has 2 rings (SSSR count). The molecule has 0 heterocycles. The van der Waals surface area contributed by atoms with Gasteiger partial charge in [0.25, 0.3) is 0 Å². The Morgan fingerprint density at radius 3 is 2.56 bits per heavy atom. The van der Waals surface area contributed by atoms with Gasteiger partial charge in [0.2, 0.25) is 0 Å². The van der Waals surface area contributed by atoms with E-state index in [1.165, 1.54) is 44.9 Å². The summed E-state index contributed by atoms with van der Waals surface area (Å²) < 4.78 is 5.63. The minimum Gasteiger partial charge on any atom is -0.392 e. The first-order valence-electron chi connectivity index (χ1n) is 7.70. The van der Waals surface area contributed by atoms with E-state index in [0.717, 1.165) is 32.2 Å². The van der Waals surface area contributed by atoms with E-state index in [-0.39, 0.29) is 6.10 Å². The van der Waals surface area contributed by atoms with Crippen LogP contribution in [0, 0.1) is 11.8 Å². The van der Waals surface area contributed by atoms with Gasteiger partial charge in [0, 0.05) is 19.7 Å². The summed E-state index contributed by atoms with van der Waals surface area (Å²) in [4.78, 5) is 2.21. The molecule has 0 radical (unpaired) electrons. The standard InChI is InChI=1S/C15H29NO2/c1-16(9-10-18-12-13-7-8-13)11-15(17)14-5-3-2-4-6-14/h13-15,17H,2-12H2,1H3. The van der Waals surface area contributed by atoms with Gasteiger partial charge in [0.15, 0.2) is 0 Å². The normalized spacial score (nSPS) is 23.5. The van der Waals surface area contributed by atoms with Crippen LogP contribution in [0.25, 0.3) is 0 Å². The minimum atomic E-state index is -0.140. The van der Waals surface area contributed by atoms with Gasteiger partial charge in [0.05, 0.1) is 12.7 Å². The molecule has 2 aliphatic carbocycles. The Kier molecular flexibility index (Phi) is 5.93. The third kappa shape index (κ3) is 5.25. The molecule has 0 aliphatic heterocycles. The summed E-state index contributed by atoms with van der Waals surface area (Å²) in [7, 11) is 2.09. The lowest BCUT2D eigenvalue weighted by Gasteiger charge is -2.29. The Balaban J connectivity index is 1.52. The van der Waals surface area contributed by atoms with Crippen LogP contribution in [0.5, 0.6) is 0 Å². The van der Waals surface area contributed by atoms with Gasteiger partial charge in [-0.3, -0.25) is 0 Å². The molecule has 1 atom stereocenters. The Morgan fingerprint density at radius 2 is 1.89 bits per heavy atom. The van der Waals surface area contributed by atoms with Crippen LogP contribution in [-0.2, 0) is 4.74 Å². The highest BCUT2D eigenvalue weighted by atomic mass is 16.5. The fourth-order valence-electron chi connectivity index (χ4n) is 2.83. The van der Waals surface area contributed by atoms with Gasteiger partial charge in [-0.25, -0.2) is 0 Å². The lowest BCUT2D eigenvalue weighted by atomic mass is 9.85. The minimum absolute atomic E-state index is 0.140. The van der Waals surface area contributed by atoms with Crippen LogP contribution < -0.4 is 0 Å². The molecule has 1 N–H and O–H groups in total. The molecule has 0 amide bonds. The smallest absolute Gasteiger partial charge is 0.0695 e. The lowest BCUT2D eigenvalue weighted by molar-refractivity contribution is 0.0414. The third-order valence-corrected chi connectivity index (χ3v) is 4.36. The summed E-state index contributed by atoms with van der Waals surface area (Å²) >= 11 is 0. The Bertz CT molecular complexity index is 225. The molecule has 106 valence electrons. The third-order valence-electron chi connectivity index (χ3n) is 4.36. The molecule has 2 fully saturated rings. The van der Waals surface area contributed by atoms with Gasteiger partial charge >= 0.3 is 0 Å². The second-order valence-corrected chi connectivity index (χ2v) is 6.25. The molecule has 0 bridgehead atoms. The van der Waals surface area contributed by atoms with Crippen LogP contribution in [0.2, 0.25) is 0 Å². The monoisotopic (exact) mass is 255 g/mol. The van der Waals surface area contributed by atoms with E-state index in [2.05, 4.69) is 11.9 Å². The van der Waals surface area contributed by atoms with E-state index >= 15 is 0 Å². The van der Waals surface area contributed by atoms with E-state index in [1.807, 2.05) is 0 Å². The molecule has 0 aromatic rings. The highest BCUT2D eigenvalue weighted by Gasteiger charge is 2.23. The topological polar surface area (TPSA) is 32.7 Å². The van der Waals surface area contributed by atoms with Gasteiger partial charge in [-0.1, -0.05) is 19.3 Å². The molecule has 2 aliphatic rings. The number of aliphatic hydroxyl groups excluding tert-OH is 1. The largest absolute Gasteiger partial charge is 0.392 e. The van der Waals surface area contributed by atoms with Gasteiger partial charge < -0.3 is 14.7 Å². The molecule has 3 heteroatoms. The Labute approximate surface area is 112 Å². The van der Waals surface area contributed by atoms with Crippen LogP contribution in [0.3, 0.4) is 0 Å². The number of rotatable bonds is 8. The van der Waals surface area contributed by atoms with Crippen LogP contribution >= 0.6 is 0 Å². The summed E-state index contributed by atoms with van der Waals surface area (Å²) in [5.41, 5.74) is 0. The molecule has 0 spiro atoms. The number of likely N-dealkylation sites (N-methyl/N-ethyl adjacent to an activating group) is 1. The van der Waals surface area contributed by atoms with Crippen LogP contribution in [0.4, 0.5) is 0 Å². The van der Waals surface area contributed by atoms with E-state index in [1.54, 1.807) is 0 Å². The summed E-state index contributed by atoms with van der Waals surface area (Å²) in [6.07, 6.45) is 8.96. The quantitative estimate of drug-likeness (QED) is 0.675. The summed E-state index contributed by atoms with van der Waals surface area (Å²) in [6, 6.07) is 0. The fourth-order valence-corrected chi connectivity index (χ4v) is 2.83. The molecular weight excluding hydrogens is 226 g/mol. The van der Waals surface area contributed by atoms with Crippen molar-refractivity contribution in [2.45, 2.75) is 51.0 Å². The van der Waals surface area contributed by atoms with Crippen molar-refractivity contribution in [1.82, 2.24) is 4.90 Å². The van der Waals surface area contributed by atoms with Gasteiger partial charge in [0.1, 0.15) is 0 Å². The molecule has 0 aromatic heterocycles. The van der Waals surface area contributed by atoms with Crippen molar-refractivity contribution in [1.29, 1.82) is 0 Å². The second kappa shape index (κ2) is 7.46. The predicted octanol–water partition coefficient (Wildman–Crippen LogP) is 2.29. The van der Waals surface area contributed by atoms with E-state index in [0.29, 0.717) is 5.92 Å². The maximum atomic E-state index is 10.2. The molecule has 0 saturated heterocycles. The van der Waals surface area contributed by atoms with Crippen LogP contribution in [-0.4, -0.2) is 49.5 Å². The number of nitrogens with zero attached hydrogens (tertiary/aromatic N) is 1. The first kappa shape index (κ1) is 14.3. The molecule has 1 unspecified atom stereocenters. The second-order valence-electron chi connectivity index (χ2n) is 6.25.